The lowest BCUT2D eigenvalue weighted by Gasteiger charge is -2.41. The van der Waals surface area contributed by atoms with Crippen LogP contribution in [0.3, 0.4) is 0 Å². The number of likely N-dealkylation sites (tertiary alicyclic amines) is 1. The van der Waals surface area contributed by atoms with Gasteiger partial charge in [-0.3, -0.25) is 4.90 Å². The third-order valence-corrected chi connectivity index (χ3v) is 4.75. The maximum atomic E-state index is 3.54. The van der Waals surface area contributed by atoms with E-state index in [1.54, 1.807) is 0 Å². The molecule has 0 aliphatic carbocycles. The molecule has 1 unspecified atom stereocenters. The average Bonchev–Trinajstić information content (AvgIpc) is 2.45. The van der Waals surface area contributed by atoms with Gasteiger partial charge in [-0.1, -0.05) is 39.0 Å². The number of benzene rings is 1. The van der Waals surface area contributed by atoms with E-state index in [0.29, 0.717) is 11.5 Å². The summed E-state index contributed by atoms with van der Waals surface area (Å²) in [5.41, 5.74) is 1.70. The van der Waals surface area contributed by atoms with Crippen LogP contribution in [-0.2, 0) is 0 Å². The van der Waals surface area contributed by atoms with E-state index in [1.165, 1.54) is 31.6 Å². The Hall–Kier alpha value is -1.02. The minimum atomic E-state index is 0.470. The molecule has 1 N–H and O–H groups in total. The van der Waals surface area contributed by atoms with Gasteiger partial charge in [0, 0.05) is 18.3 Å². The van der Waals surface area contributed by atoms with Gasteiger partial charge in [-0.15, -0.1) is 0 Å². The molecule has 2 nitrogen and oxygen atoms in total. The highest BCUT2D eigenvalue weighted by Gasteiger charge is 2.29. The van der Waals surface area contributed by atoms with Crippen LogP contribution in [-0.4, -0.2) is 30.6 Å². The van der Waals surface area contributed by atoms with Crippen molar-refractivity contribution in [3.8, 4) is 0 Å². The molecule has 2 heteroatoms. The Labute approximate surface area is 124 Å². The highest BCUT2D eigenvalue weighted by Crippen LogP contribution is 2.34. The second-order valence-electron chi connectivity index (χ2n) is 7.27. The van der Waals surface area contributed by atoms with Crippen LogP contribution in [0.5, 0.6) is 0 Å². The van der Waals surface area contributed by atoms with Crippen molar-refractivity contribution < 1.29 is 0 Å². The van der Waals surface area contributed by atoms with Gasteiger partial charge in [0.1, 0.15) is 0 Å². The fourth-order valence-corrected chi connectivity index (χ4v) is 3.16. The summed E-state index contributed by atoms with van der Waals surface area (Å²) in [5, 5.41) is 3.54. The number of anilines is 1. The predicted molar refractivity (Wildman–Crippen MR) is 88.1 cm³/mol. The summed E-state index contributed by atoms with van der Waals surface area (Å²) in [5.74, 6) is 0.882. The molecule has 1 fully saturated rings. The van der Waals surface area contributed by atoms with Gasteiger partial charge < -0.3 is 5.32 Å². The molecule has 1 aromatic carbocycles. The summed E-state index contributed by atoms with van der Waals surface area (Å²) >= 11 is 0. The molecule has 1 aliphatic rings. The molecular formula is C18H30N2. The van der Waals surface area contributed by atoms with Crippen molar-refractivity contribution >= 4 is 5.69 Å². The molecule has 0 aromatic heterocycles. The van der Waals surface area contributed by atoms with Crippen molar-refractivity contribution in [1.29, 1.82) is 0 Å². The molecule has 1 aliphatic heterocycles. The zero-order valence-electron chi connectivity index (χ0n) is 13.5. The van der Waals surface area contributed by atoms with Crippen LogP contribution in [0.1, 0.15) is 40.5 Å². The molecule has 112 valence electrons. The fourth-order valence-electron chi connectivity index (χ4n) is 3.16. The van der Waals surface area contributed by atoms with E-state index in [9.17, 15) is 0 Å². The molecule has 0 amide bonds. The third-order valence-electron chi connectivity index (χ3n) is 4.75. The lowest BCUT2D eigenvalue weighted by Crippen LogP contribution is -2.45. The van der Waals surface area contributed by atoms with Crippen molar-refractivity contribution in [2.24, 2.45) is 11.3 Å². The number of hydrogen-bond acceptors (Lipinski definition) is 2. The topological polar surface area (TPSA) is 15.3 Å². The minimum Gasteiger partial charge on any atom is -0.383 e. The molecule has 1 heterocycles. The maximum absolute atomic E-state index is 3.54. The summed E-state index contributed by atoms with van der Waals surface area (Å²) in [7, 11) is 0. The van der Waals surface area contributed by atoms with Crippen LogP contribution in [0.15, 0.2) is 30.3 Å². The van der Waals surface area contributed by atoms with Gasteiger partial charge in [0.2, 0.25) is 0 Å². The number of nitrogens with zero attached hydrogens (tertiary/aromatic N) is 1. The molecule has 2 rings (SSSR count). The van der Waals surface area contributed by atoms with E-state index in [1.807, 2.05) is 0 Å². The first-order chi connectivity index (χ1) is 9.47. The Morgan fingerprint density at radius 2 is 1.75 bits per heavy atom. The summed E-state index contributed by atoms with van der Waals surface area (Å²) in [6, 6.07) is 11.1. The quantitative estimate of drug-likeness (QED) is 0.883. The third kappa shape index (κ3) is 4.24. The van der Waals surface area contributed by atoms with Gasteiger partial charge in [0.25, 0.3) is 0 Å². The number of para-hydroxylation sites is 1. The van der Waals surface area contributed by atoms with Crippen LogP contribution in [0.2, 0.25) is 0 Å². The van der Waals surface area contributed by atoms with Crippen molar-refractivity contribution in [2.75, 3.05) is 25.0 Å². The predicted octanol–water partition coefficient (Wildman–Crippen LogP) is 4.25. The molecule has 0 radical (unpaired) electrons. The maximum Gasteiger partial charge on any atom is 0.0340 e. The standard InChI is InChI=1S/C18H30N2/c1-15(14-19-17-8-6-5-7-9-17)20-12-10-16(11-13-20)18(2,3)4/h5-9,15-16,19H,10-14H2,1-4H3. The minimum absolute atomic E-state index is 0.470. The zero-order chi connectivity index (χ0) is 14.6. The Morgan fingerprint density at radius 1 is 1.15 bits per heavy atom. The van der Waals surface area contributed by atoms with Crippen LogP contribution in [0.4, 0.5) is 5.69 Å². The van der Waals surface area contributed by atoms with Crippen LogP contribution in [0, 0.1) is 11.3 Å². The monoisotopic (exact) mass is 274 g/mol. The molecule has 0 bridgehead atoms. The Balaban J connectivity index is 1.76. The van der Waals surface area contributed by atoms with Gasteiger partial charge >= 0.3 is 0 Å². The first kappa shape index (κ1) is 15.4. The smallest absolute Gasteiger partial charge is 0.0340 e. The molecule has 0 spiro atoms. The molecule has 1 atom stereocenters. The van der Waals surface area contributed by atoms with Crippen LogP contribution >= 0.6 is 0 Å². The second kappa shape index (κ2) is 6.62. The van der Waals surface area contributed by atoms with Gasteiger partial charge in [-0.2, -0.15) is 0 Å². The molecular weight excluding hydrogens is 244 g/mol. The molecule has 1 aromatic rings. The normalized spacial score (nSPS) is 19.8. The number of nitrogens with one attached hydrogen (secondary N) is 1. The lowest BCUT2D eigenvalue weighted by atomic mass is 9.75. The van der Waals surface area contributed by atoms with Crippen molar-refractivity contribution in [2.45, 2.75) is 46.6 Å². The van der Waals surface area contributed by atoms with Crippen LogP contribution in [0.25, 0.3) is 0 Å². The Kier molecular flexibility index (Phi) is 5.09. The molecule has 1 saturated heterocycles. The molecule has 20 heavy (non-hydrogen) atoms. The van der Waals surface area contributed by atoms with E-state index in [4.69, 9.17) is 0 Å². The first-order valence-electron chi connectivity index (χ1n) is 8.00. The lowest BCUT2D eigenvalue weighted by molar-refractivity contribution is 0.0913. The summed E-state index contributed by atoms with van der Waals surface area (Å²) in [6.07, 6.45) is 2.69. The van der Waals surface area contributed by atoms with Gasteiger partial charge in [0.15, 0.2) is 0 Å². The Morgan fingerprint density at radius 3 is 2.30 bits per heavy atom. The largest absolute Gasteiger partial charge is 0.383 e. The van der Waals surface area contributed by atoms with Gasteiger partial charge in [0.05, 0.1) is 0 Å². The van der Waals surface area contributed by atoms with E-state index < -0.39 is 0 Å². The second-order valence-corrected chi connectivity index (χ2v) is 7.27. The molecule has 0 saturated carbocycles. The van der Waals surface area contributed by atoms with Gasteiger partial charge in [-0.25, -0.2) is 0 Å². The highest BCUT2D eigenvalue weighted by molar-refractivity contribution is 5.42. The highest BCUT2D eigenvalue weighted by atomic mass is 15.2. The van der Waals surface area contributed by atoms with Crippen molar-refractivity contribution in [3.05, 3.63) is 30.3 Å². The zero-order valence-corrected chi connectivity index (χ0v) is 13.5. The number of hydrogen-bond donors (Lipinski definition) is 1. The van der Waals surface area contributed by atoms with E-state index >= 15 is 0 Å². The van der Waals surface area contributed by atoms with Crippen LogP contribution < -0.4 is 5.32 Å². The van der Waals surface area contributed by atoms with Gasteiger partial charge in [-0.05, 0) is 56.3 Å². The first-order valence-corrected chi connectivity index (χ1v) is 8.00. The SMILES string of the molecule is CC(CNc1ccccc1)N1CCC(C(C)(C)C)CC1. The summed E-state index contributed by atoms with van der Waals surface area (Å²) in [4.78, 5) is 2.64. The van der Waals surface area contributed by atoms with E-state index in [-0.39, 0.29) is 0 Å². The fraction of sp³-hybridized carbons (Fsp3) is 0.667. The summed E-state index contributed by atoms with van der Waals surface area (Å²) < 4.78 is 0. The van der Waals surface area contributed by atoms with E-state index in [0.717, 1.165) is 12.5 Å². The number of piperidine rings is 1. The van der Waals surface area contributed by atoms with E-state index in [2.05, 4.69) is 68.2 Å². The number of rotatable bonds is 4. The van der Waals surface area contributed by atoms with Crippen molar-refractivity contribution in [3.63, 3.8) is 0 Å². The Bertz CT molecular complexity index is 386. The van der Waals surface area contributed by atoms with Crippen molar-refractivity contribution in [1.82, 2.24) is 4.90 Å². The average molecular weight is 274 g/mol. The summed E-state index contributed by atoms with van der Waals surface area (Å²) in [6.45, 7) is 13.0.